The third-order valence-electron chi connectivity index (χ3n) is 1.40. The predicted molar refractivity (Wildman–Crippen MR) is 27.2 cm³/mol. The van der Waals surface area contributed by atoms with Gasteiger partial charge in [0.2, 0.25) is 0 Å². The maximum absolute atomic E-state index is 2.39. The molecular formula is C6H11Y-. The molecule has 0 spiro atoms. The van der Waals surface area contributed by atoms with Crippen LogP contribution in [0.4, 0.5) is 0 Å². The Labute approximate surface area is 70.9 Å². The van der Waals surface area contributed by atoms with Crippen LogP contribution in [0.2, 0.25) is 0 Å². The van der Waals surface area contributed by atoms with Gasteiger partial charge in [-0.1, -0.05) is 13.8 Å². The van der Waals surface area contributed by atoms with E-state index in [-0.39, 0.29) is 32.7 Å². The topological polar surface area (TPSA) is 0 Å². The minimum absolute atomic E-state index is 0. The summed E-state index contributed by atoms with van der Waals surface area (Å²) in [4.78, 5) is 0. The number of rotatable bonds is 0. The standard InChI is InChI=1S/C6H11.Y/c1-5-3-6(2)4-5;/h3,5-6H,4H2,1-2H3;/q-1;. The minimum atomic E-state index is 0. The zero-order chi connectivity index (χ0) is 4.57. The first kappa shape index (κ1) is 8.10. The Kier molecular flexibility index (Phi) is 3.70. The molecule has 1 rings (SSSR count). The number of hydrogen-bond donors (Lipinski definition) is 0. The molecule has 0 aromatic rings. The third-order valence-corrected chi connectivity index (χ3v) is 1.40. The SMILES string of the molecule is CC1[CH-]C(C)C1.[Y]. The monoisotopic (exact) mass is 172 g/mol. The smallest absolute Gasteiger partial charge is 0 e. The molecule has 1 saturated carbocycles. The molecule has 1 aliphatic rings. The Bertz CT molecular complexity index is 40.1. The summed E-state index contributed by atoms with van der Waals surface area (Å²) in [5.74, 6) is 1.83. The fourth-order valence-electron chi connectivity index (χ4n) is 1.11. The maximum Gasteiger partial charge on any atom is 0 e. The van der Waals surface area contributed by atoms with Crippen molar-refractivity contribution in [1.29, 1.82) is 0 Å². The third kappa shape index (κ3) is 2.23. The van der Waals surface area contributed by atoms with Crippen molar-refractivity contribution in [2.75, 3.05) is 0 Å². The quantitative estimate of drug-likeness (QED) is 0.489. The molecule has 0 bridgehead atoms. The van der Waals surface area contributed by atoms with Gasteiger partial charge in [-0.2, -0.15) is 11.8 Å². The summed E-state index contributed by atoms with van der Waals surface area (Å²) in [5.41, 5.74) is 0. The molecule has 0 amide bonds. The Morgan fingerprint density at radius 1 is 1.29 bits per heavy atom. The Balaban J connectivity index is 0.000000360. The summed E-state index contributed by atoms with van der Waals surface area (Å²) >= 11 is 0. The predicted octanol–water partition coefficient (Wildman–Crippen LogP) is 1.86. The summed E-state index contributed by atoms with van der Waals surface area (Å²) in [7, 11) is 0. The summed E-state index contributed by atoms with van der Waals surface area (Å²) in [6.07, 6.45) is 3.81. The summed E-state index contributed by atoms with van der Waals surface area (Å²) < 4.78 is 0. The average Bonchev–Trinajstić information content (AvgIpc) is 1.33. The normalized spacial score (nSPS) is 38.6. The first-order valence-electron chi connectivity index (χ1n) is 2.64. The minimum Gasteiger partial charge on any atom is -0.323 e. The largest absolute Gasteiger partial charge is 0.323 e. The van der Waals surface area contributed by atoms with Gasteiger partial charge in [0.25, 0.3) is 0 Å². The van der Waals surface area contributed by atoms with Crippen LogP contribution < -0.4 is 0 Å². The molecule has 0 saturated heterocycles. The van der Waals surface area contributed by atoms with Gasteiger partial charge in [0.05, 0.1) is 0 Å². The molecule has 1 heteroatoms. The Morgan fingerprint density at radius 3 is 1.57 bits per heavy atom. The van der Waals surface area contributed by atoms with Gasteiger partial charge in [0.1, 0.15) is 0 Å². The molecule has 1 fully saturated rings. The van der Waals surface area contributed by atoms with Crippen LogP contribution in [0.15, 0.2) is 0 Å². The second-order valence-corrected chi connectivity index (χ2v) is 2.38. The van der Waals surface area contributed by atoms with Crippen molar-refractivity contribution < 1.29 is 32.7 Å². The zero-order valence-electron chi connectivity index (χ0n) is 5.02. The van der Waals surface area contributed by atoms with E-state index in [1.54, 1.807) is 0 Å². The molecule has 0 heterocycles. The molecule has 0 aromatic carbocycles. The Hall–Kier alpha value is 1.10. The van der Waals surface area contributed by atoms with Crippen LogP contribution in [-0.4, -0.2) is 0 Å². The summed E-state index contributed by atoms with van der Waals surface area (Å²) in [6.45, 7) is 4.53. The molecule has 39 valence electrons. The van der Waals surface area contributed by atoms with Gasteiger partial charge in [-0.25, -0.2) is 0 Å². The van der Waals surface area contributed by atoms with Crippen LogP contribution in [0.5, 0.6) is 0 Å². The molecule has 2 atom stereocenters. The van der Waals surface area contributed by atoms with E-state index in [0.717, 1.165) is 11.8 Å². The van der Waals surface area contributed by atoms with Crippen molar-refractivity contribution in [2.24, 2.45) is 11.8 Å². The van der Waals surface area contributed by atoms with Crippen LogP contribution in [0, 0.1) is 18.3 Å². The second kappa shape index (κ2) is 3.19. The van der Waals surface area contributed by atoms with Crippen molar-refractivity contribution in [1.82, 2.24) is 0 Å². The van der Waals surface area contributed by atoms with Crippen LogP contribution >= 0.6 is 0 Å². The van der Waals surface area contributed by atoms with E-state index in [0.29, 0.717) is 0 Å². The first-order valence-corrected chi connectivity index (χ1v) is 2.64. The number of hydrogen-bond acceptors (Lipinski definition) is 0. The first-order chi connectivity index (χ1) is 2.79. The van der Waals surface area contributed by atoms with Gasteiger partial charge in [0.15, 0.2) is 0 Å². The van der Waals surface area contributed by atoms with Crippen LogP contribution in [0.3, 0.4) is 0 Å². The molecule has 0 N–H and O–H groups in total. The van der Waals surface area contributed by atoms with E-state index in [4.69, 9.17) is 0 Å². The van der Waals surface area contributed by atoms with Crippen molar-refractivity contribution in [3.63, 3.8) is 0 Å². The van der Waals surface area contributed by atoms with E-state index in [2.05, 4.69) is 20.3 Å². The molecule has 0 aliphatic heterocycles. The summed E-state index contributed by atoms with van der Waals surface area (Å²) in [6, 6.07) is 0. The molecule has 0 aromatic heterocycles. The fraction of sp³-hybridized carbons (Fsp3) is 0.833. The summed E-state index contributed by atoms with van der Waals surface area (Å²) in [5, 5.41) is 0. The second-order valence-electron chi connectivity index (χ2n) is 2.38. The van der Waals surface area contributed by atoms with Gasteiger partial charge in [0, 0.05) is 32.7 Å². The average molecular weight is 172 g/mol. The van der Waals surface area contributed by atoms with Crippen molar-refractivity contribution >= 4 is 0 Å². The molecule has 1 aliphatic carbocycles. The van der Waals surface area contributed by atoms with E-state index in [1.807, 2.05) is 0 Å². The van der Waals surface area contributed by atoms with Gasteiger partial charge < -0.3 is 6.42 Å². The van der Waals surface area contributed by atoms with E-state index >= 15 is 0 Å². The van der Waals surface area contributed by atoms with Crippen molar-refractivity contribution in [2.45, 2.75) is 20.3 Å². The van der Waals surface area contributed by atoms with E-state index < -0.39 is 0 Å². The Morgan fingerprint density at radius 2 is 1.57 bits per heavy atom. The fourth-order valence-corrected chi connectivity index (χ4v) is 1.11. The molecular weight excluding hydrogens is 161 g/mol. The molecule has 2 unspecified atom stereocenters. The van der Waals surface area contributed by atoms with Gasteiger partial charge in [-0.3, -0.25) is 0 Å². The van der Waals surface area contributed by atoms with Crippen LogP contribution in [-0.2, 0) is 32.7 Å². The van der Waals surface area contributed by atoms with E-state index in [1.165, 1.54) is 6.42 Å². The van der Waals surface area contributed by atoms with Crippen LogP contribution in [0.25, 0.3) is 0 Å². The molecule has 7 heavy (non-hydrogen) atoms. The molecule has 0 nitrogen and oxygen atoms in total. The zero-order valence-corrected chi connectivity index (χ0v) is 7.85. The molecule has 1 radical (unpaired) electrons. The van der Waals surface area contributed by atoms with Gasteiger partial charge in [-0.05, 0) is 0 Å². The van der Waals surface area contributed by atoms with E-state index in [9.17, 15) is 0 Å². The van der Waals surface area contributed by atoms with Crippen molar-refractivity contribution in [3.8, 4) is 0 Å². The van der Waals surface area contributed by atoms with Gasteiger partial charge >= 0.3 is 0 Å². The van der Waals surface area contributed by atoms with Crippen LogP contribution in [0.1, 0.15) is 20.3 Å². The van der Waals surface area contributed by atoms with Crippen molar-refractivity contribution in [3.05, 3.63) is 6.42 Å². The maximum atomic E-state index is 2.39. The van der Waals surface area contributed by atoms with Gasteiger partial charge in [-0.15, -0.1) is 6.42 Å².